The molecule has 1 aromatic rings. The van der Waals surface area contributed by atoms with Gasteiger partial charge in [-0.2, -0.15) is 0 Å². The molecule has 0 bridgehead atoms. The molecule has 0 saturated heterocycles. The van der Waals surface area contributed by atoms with E-state index in [0.29, 0.717) is 6.04 Å². The highest BCUT2D eigenvalue weighted by atomic mass is 32.2. The van der Waals surface area contributed by atoms with E-state index < -0.39 is 0 Å². The SMILES string of the molecule is C=C(CNC(C)C)CSc1cc(C)ccc1C. The molecule has 1 aromatic carbocycles. The van der Waals surface area contributed by atoms with Gasteiger partial charge >= 0.3 is 0 Å². The van der Waals surface area contributed by atoms with E-state index in [2.05, 4.69) is 57.8 Å². The van der Waals surface area contributed by atoms with Crippen molar-refractivity contribution in [2.45, 2.75) is 38.6 Å². The van der Waals surface area contributed by atoms with Gasteiger partial charge in [-0.15, -0.1) is 11.8 Å². The van der Waals surface area contributed by atoms with Crippen molar-refractivity contribution >= 4 is 11.8 Å². The van der Waals surface area contributed by atoms with Crippen molar-refractivity contribution in [3.8, 4) is 0 Å². The largest absolute Gasteiger partial charge is 0.311 e. The van der Waals surface area contributed by atoms with Crippen molar-refractivity contribution in [1.82, 2.24) is 5.32 Å². The van der Waals surface area contributed by atoms with Gasteiger partial charge in [0.15, 0.2) is 0 Å². The molecule has 1 rings (SSSR count). The molecule has 1 N–H and O–H groups in total. The van der Waals surface area contributed by atoms with Gasteiger partial charge in [-0.05, 0) is 25.5 Å². The van der Waals surface area contributed by atoms with Crippen molar-refractivity contribution in [3.63, 3.8) is 0 Å². The lowest BCUT2D eigenvalue weighted by molar-refractivity contribution is 0.623. The molecule has 0 atom stereocenters. The van der Waals surface area contributed by atoms with Crippen molar-refractivity contribution < 1.29 is 0 Å². The molecule has 0 aliphatic carbocycles. The third-order valence-electron chi connectivity index (χ3n) is 2.54. The van der Waals surface area contributed by atoms with Gasteiger partial charge in [0.1, 0.15) is 0 Å². The molecule has 0 heterocycles. The van der Waals surface area contributed by atoms with E-state index in [1.807, 2.05) is 11.8 Å². The van der Waals surface area contributed by atoms with E-state index in [1.54, 1.807) is 0 Å². The molecule has 0 aliphatic rings. The van der Waals surface area contributed by atoms with Crippen LogP contribution in [0.4, 0.5) is 0 Å². The highest BCUT2D eigenvalue weighted by Gasteiger charge is 2.02. The molecule has 94 valence electrons. The topological polar surface area (TPSA) is 12.0 Å². The first-order valence-corrected chi connectivity index (χ1v) is 7.07. The van der Waals surface area contributed by atoms with Crippen molar-refractivity contribution in [3.05, 3.63) is 41.5 Å². The number of hydrogen-bond donors (Lipinski definition) is 1. The molecule has 1 nitrogen and oxygen atoms in total. The molecular formula is C15H23NS. The van der Waals surface area contributed by atoms with E-state index >= 15 is 0 Å². The zero-order chi connectivity index (χ0) is 12.8. The van der Waals surface area contributed by atoms with Crippen LogP contribution in [0.25, 0.3) is 0 Å². The molecular weight excluding hydrogens is 226 g/mol. The first-order chi connectivity index (χ1) is 7.99. The maximum atomic E-state index is 4.11. The van der Waals surface area contributed by atoms with E-state index in [9.17, 15) is 0 Å². The molecule has 0 saturated carbocycles. The van der Waals surface area contributed by atoms with Crippen molar-refractivity contribution in [2.75, 3.05) is 12.3 Å². The number of nitrogens with one attached hydrogen (secondary N) is 1. The van der Waals surface area contributed by atoms with Gasteiger partial charge in [-0.25, -0.2) is 0 Å². The normalized spacial score (nSPS) is 10.9. The van der Waals surface area contributed by atoms with Crippen LogP contribution in [0.2, 0.25) is 0 Å². The maximum Gasteiger partial charge on any atom is 0.0200 e. The molecule has 0 spiro atoms. The quantitative estimate of drug-likeness (QED) is 0.605. The fraction of sp³-hybridized carbons (Fsp3) is 0.467. The predicted octanol–water partition coefficient (Wildman–Crippen LogP) is 3.95. The van der Waals surface area contributed by atoms with E-state index in [0.717, 1.165) is 12.3 Å². The average molecular weight is 249 g/mol. The number of hydrogen-bond acceptors (Lipinski definition) is 2. The van der Waals surface area contributed by atoms with Gasteiger partial charge in [-0.3, -0.25) is 0 Å². The maximum absolute atomic E-state index is 4.11. The second-order valence-corrected chi connectivity index (χ2v) is 5.86. The molecule has 0 fully saturated rings. The Kier molecular flexibility index (Phi) is 5.79. The van der Waals surface area contributed by atoms with Crippen LogP contribution in [-0.4, -0.2) is 18.3 Å². The average Bonchev–Trinajstić information content (AvgIpc) is 2.27. The fourth-order valence-corrected chi connectivity index (χ4v) is 2.47. The summed E-state index contributed by atoms with van der Waals surface area (Å²) in [5.74, 6) is 0.990. The molecule has 0 radical (unpaired) electrons. The highest BCUT2D eigenvalue weighted by Crippen LogP contribution is 2.24. The third kappa shape index (κ3) is 5.42. The van der Waals surface area contributed by atoms with Gasteiger partial charge in [0.05, 0.1) is 0 Å². The van der Waals surface area contributed by atoms with Crippen LogP contribution >= 0.6 is 11.8 Å². The van der Waals surface area contributed by atoms with Gasteiger partial charge < -0.3 is 5.32 Å². The summed E-state index contributed by atoms with van der Waals surface area (Å²) in [4.78, 5) is 1.37. The summed E-state index contributed by atoms with van der Waals surface area (Å²) in [5, 5.41) is 3.39. The summed E-state index contributed by atoms with van der Waals surface area (Å²) < 4.78 is 0. The van der Waals surface area contributed by atoms with Gasteiger partial charge in [0.25, 0.3) is 0 Å². The minimum Gasteiger partial charge on any atom is -0.311 e. The summed E-state index contributed by atoms with van der Waals surface area (Å²) in [5.41, 5.74) is 3.93. The summed E-state index contributed by atoms with van der Waals surface area (Å²) >= 11 is 1.88. The Hall–Kier alpha value is -0.730. The molecule has 17 heavy (non-hydrogen) atoms. The van der Waals surface area contributed by atoms with Crippen molar-refractivity contribution in [2.24, 2.45) is 0 Å². The summed E-state index contributed by atoms with van der Waals surface area (Å²) in [6.07, 6.45) is 0. The first kappa shape index (κ1) is 14.3. The Morgan fingerprint density at radius 2 is 2.06 bits per heavy atom. The minimum absolute atomic E-state index is 0.525. The Labute approximate surface area is 110 Å². The van der Waals surface area contributed by atoms with Crippen LogP contribution in [0.5, 0.6) is 0 Å². The number of benzene rings is 1. The molecule has 0 amide bonds. The lowest BCUT2D eigenvalue weighted by Gasteiger charge is -2.11. The second-order valence-electron chi connectivity index (χ2n) is 4.84. The lowest BCUT2D eigenvalue weighted by atomic mass is 10.2. The Balaban J connectivity index is 2.44. The molecule has 0 aromatic heterocycles. The fourth-order valence-electron chi connectivity index (χ4n) is 1.44. The highest BCUT2D eigenvalue weighted by molar-refractivity contribution is 7.99. The number of aryl methyl sites for hydroxylation is 2. The Morgan fingerprint density at radius 1 is 1.35 bits per heavy atom. The smallest absolute Gasteiger partial charge is 0.0200 e. The number of thioether (sulfide) groups is 1. The summed E-state index contributed by atoms with van der Waals surface area (Å²) in [6.45, 7) is 13.6. The monoisotopic (exact) mass is 249 g/mol. The molecule has 0 aliphatic heterocycles. The third-order valence-corrected chi connectivity index (χ3v) is 3.84. The summed E-state index contributed by atoms with van der Waals surface area (Å²) in [6, 6.07) is 7.13. The molecule has 2 heteroatoms. The zero-order valence-electron chi connectivity index (χ0n) is 11.3. The van der Waals surface area contributed by atoms with Crippen LogP contribution in [0.15, 0.2) is 35.2 Å². The standard InChI is InChI=1S/C15H23NS/c1-11(2)16-9-13(4)10-17-15-8-12(3)6-7-14(15)5/h6-8,11,16H,4,9-10H2,1-3,5H3. The predicted molar refractivity (Wildman–Crippen MR) is 78.9 cm³/mol. The van der Waals surface area contributed by atoms with Gasteiger partial charge in [0.2, 0.25) is 0 Å². The Bertz CT molecular complexity index is 383. The van der Waals surface area contributed by atoms with Gasteiger partial charge in [-0.1, -0.05) is 43.7 Å². The zero-order valence-corrected chi connectivity index (χ0v) is 12.2. The minimum atomic E-state index is 0.525. The summed E-state index contributed by atoms with van der Waals surface area (Å²) in [7, 11) is 0. The van der Waals surface area contributed by atoms with Crippen LogP contribution in [0, 0.1) is 13.8 Å². The Morgan fingerprint density at radius 3 is 2.71 bits per heavy atom. The van der Waals surface area contributed by atoms with Crippen LogP contribution in [-0.2, 0) is 0 Å². The lowest BCUT2D eigenvalue weighted by Crippen LogP contribution is -2.25. The van der Waals surface area contributed by atoms with E-state index in [1.165, 1.54) is 21.6 Å². The van der Waals surface area contributed by atoms with Crippen molar-refractivity contribution in [1.29, 1.82) is 0 Å². The van der Waals surface area contributed by atoms with Crippen LogP contribution < -0.4 is 5.32 Å². The van der Waals surface area contributed by atoms with Crippen LogP contribution in [0.3, 0.4) is 0 Å². The van der Waals surface area contributed by atoms with E-state index in [-0.39, 0.29) is 0 Å². The van der Waals surface area contributed by atoms with Crippen LogP contribution in [0.1, 0.15) is 25.0 Å². The van der Waals surface area contributed by atoms with E-state index in [4.69, 9.17) is 0 Å². The molecule has 0 unspecified atom stereocenters. The van der Waals surface area contributed by atoms with Gasteiger partial charge in [0, 0.05) is 23.2 Å². The number of rotatable bonds is 6. The second kappa shape index (κ2) is 6.87. The first-order valence-electron chi connectivity index (χ1n) is 6.09.